The van der Waals surface area contributed by atoms with Crippen LogP contribution in [-0.4, -0.2) is 19.5 Å². The molecule has 0 fully saturated rings. The molecule has 0 N–H and O–H groups in total. The Hall–Kier alpha value is -0.370. The first-order valence-corrected chi connectivity index (χ1v) is 4.32. The minimum atomic E-state index is 0.379. The molecule has 0 aliphatic heterocycles. The highest BCUT2D eigenvalue weighted by Gasteiger charge is 1.99. The van der Waals surface area contributed by atoms with Gasteiger partial charge in [-0.3, -0.25) is 0 Å². The molecular formula is C9H18O2. The fourth-order valence-electron chi connectivity index (χ4n) is 0.763. The van der Waals surface area contributed by atoms with Crippen LogP contribution in [0.2, 0.25) is 0 Å². The predicted octanol–water partition coefficient (Wildman–Crippen LogP) is 2.03. The third-order valence-electron chi connectivity index (χ3n) is 1.54. The van der Waals surface area contributed by atoms with E-state index in [0.717, 1.165) is 25.9 Å². The lowest BCUT2D eigenvalue weighted by Gasteiger charge is -2.07. The van der Waals surface area contributed by atoms with Crippen LogP contribution in [0.5, 0.6) is 0 Å². The number of hydrogen-bond acceptors (Lipinski definition) is 2. The van der Waals surface area contributed by atoms with Crippen LogP contribution in [0.1, 0.15) is 33.1 Å². The van der Waals surface area contributed by atoms with Crippen molar-refractivity contribution in [2.45, 2.75) is 33.1 Å². The zero-order valence-electron chi connectivity index (χ0n) is 7.51. The highest BCUT2D eigenvalue weighted by atomic mass is 16.5. The topological polar surface area (TPSA) is 26.3 Å². The first kappa shape index (κ1) is 10.6. The lowest BCUT2D eigenvalue weighted by molar-refractivity contribution is -0.108. The van der Waals surface area contributed by atoms with E-state index in [1.54, 1.807) is 0 Å². The quantitative estimate of drug-likeness (QED) is 0.418. The van der Waals surface area contributed by atoms with E-state index < -0.39 is 0 Å². The van der Waals surface area contributed by atoms with Crippen LogP contribution >= 0.6 is 0 Å². The third kappa shape index (κ3) is 7.53. The summed E-state index contributed by atoms with van der Waals surface area (Å²) in [5, 5.41) is 0. The van der Waals surface area contributed by atoms with Crippen molar-refractivity contribution in [3.63, 3.8) is 0 Å². The molecule has 0 aromatic heterocycles. The highest BCUT2D eigenvalue weighted by Crippen LogP contribution is 2.00. The molecule has 0 aromatic rings. The molecule has 1 atom stereocenters. The molecule has 0 bridgehead atoms. The van der Waals surface area contributed by atoms with Crippen LogP contribution < -0.4 is 0 Å². The van der Waals surface area contributed by atoms with Gasteiger partial charge in [-0.1, -0.05) is 20.3 Å². The van der Waals surface area contributed by atoms with Gasteiger partial charge in [0.15, 0.2) is 0 Å². The molecule has 66 valence electrons. The minimum absolute atomic E-state index is 0.379. The van der Waals surface area contributed by atoms with Gasteiger partial charge in [-0.05, 0) is 12.3 Å². The van der Waals surface area contributed by atoms with Crippen molar-refractivity contribution in [3.05, 3.63) is 0 Å². The smallest absolute Gasteiger partial charge is 0.120 e. The zero-order valence-corrected chi connectivity index (χ0v) is 7.51. The molecule has 0 aliphatic carbocycles. The van der Waals surface area contributed by atoms with Crippen molar-refractivity contribution in [2.75, 3.05) is 13.2 Å². The molecular weight excluding hydrogens is 140 g/mol. The number of rotatable bonds is 7. The maximum atomic E-state index is 10.0. The highest BCUT2D eigenvalue weighted by molar-refractivity contribution is 5.49. The summed E-state index contributed by atoms with van der Waals surface area (Å²) in [6.45, 7) is 5.72. The maximum absolute atomic E-state index is 10.0. The standard InChI is InChI=1S/C9H18O2/c1-3-4-7-11-8-9(2)5-6-10/h6,9H,3-5,7-8H2,1-2H3/t9-/m0/s1. The summed E-state index contributed by atoms with van der Waals surface area (Å²) in [5.74, 6) is 0.379. The van der Waals surface area contributed by atoms with Crippen molar-refractivity contribution in [1.29, 1.82) is 0 Å². The predicted molar refractivity (Wildman–Crippen MR) is 45.6 cm³/mol. The number of hydrogen-bond donors (Lipinski definition) is 0. The van der Waals surface area contributed by atoms with E-state index in [9.17, 15) is 4.79 Å². The zero-order chi connectivity index (χ0) is 8.53. The summed E-state index contributed by atoms with van der Waals surface area (Å²) >= 11 is 0. The van der Waals surface area contributed by atoms with E-state index in [4.69, 9.17) is 4.74 Å². The van der Waals surface area contributed by atoms with E-state index in [1.165, 1.54) is 6.42 Å². The minimum Gasteiger partial charge on any atom is -0.381 e. The van der Waals surface area contributed by atoms with Gasteiger partial charge in [0, 0.05) is 19.6 Å². The fraction of sp³-hybridized carbons (Fsp3) is 0.889. The molecule has 0 aromatic carbocycles. The van der Waals surface area contributed by atoms with Crippen LogP contribution in [0.15, 0.2) is 0 Å². The van der Waals surface area contributed by atoms with Gasteiger partial charge in [-0.2, -0.15) is 0 Å². The average Bonchev–Trinajstić information content (AvgIpc) is 1.99. The largest absolute Gasteiger partial charge is 0.381 e. The van der Waals surface area contributed by atoms with Gasteiger partial charge < -0.3 is 9.53 Å². The Morgan fingerprint density at radius 3 is 2.82 bits per heavy atom. The van der Waals surface area contributed by atoms with Gasteiger partial charge in [-0.25, -0.2) is 0 Å². The van der Waals surface area contributed by atoms with Crippen LogP contribution in [0, 0.1) is 5.92 Å². The van der Waals surface area contributed by atoms with Gasteiger partial charge in [0.1, 0.15) is 6.29 Å². The monoisotopic (exact) mass is 158 g/mol. The van der Waals surface area contributed by atoms with Crippen LogP contribution in [0.3, 0.4) is 0 Å². The van der Waals surface area contributed by atoms with Crippen LogP contribution in [-0.2, 0) is 9.53 Å². The Morgan fingerprint density at radius 2 is 2.27 bits per heavy atom. The van der Waals surface area contributed by atoms with Crippen molar-refractivity contribution in [3.8, 4) is 0 Å². The van der Waals surface area contributed by atoms with Gasteiger partial charge in [0.2, 0.25) is 0 Å². The number of carbonyl (C=O) groups excluding carboxylic acids is 1. The number of unbranched alkanes of at least 4 members (excludes halogenated alkanes) is 1. The molecule has 0 saturated heterocycles. The van der Waals surface area contributed by atoms with Crippen molar-refractivity contribution < 1.29 is 9.53 Å². The summed E-state index contributed by atoms with van der Waals surface area (Å²) in [4.78, 5) is 10.0. The summed E-state index contributed by atoms with van der Waals surface area (Å²) in [6, 6.07) is 0. The maximum Gasteiger partial charge on any atom is 0.120 e. The normalized spacial score (nSPS) is 12.9. The second-order valence-corrected chi connectivity index (χ2v) is 2.94. The third-order valence-corrected chi connectivity index (χ3v) is 1.54. The van der Waals surface area contributed by atoms with Crippen LogP contribution in [0.25, 0.3) is 0 Å². The number of ether oxygens (including phenoxy) is 1. The van der Waals surface area contributed by atoms with E-state index in [2.05, 4.69) is 6.92 Å². The Morgan fingerprint density at radius 1 is 1.55 bits per heavy atom. The number of carbonyl (C=O) groups is 1. The lowest BCUT2D eigenvalue weighted by atomic mass is 10.1. The fourth-order valence-corrected chi connectivity index (χ4v) is 0.763. The Labute approximate surface area is 68.9 Å². The SMILES string of the molecule is CCCCOC[C@@H](C)CC=O. The Bertz CT molecular complexity index is 91.6. The molecule has 0 spiro atoms. The van der Waals surface area contributed by atoms with Gasteiger partial charge in [0.05, 0.1) is 0 Å². The van der Waals surface area contributed by atoms with E-state index in [0.29, 0.717) is 12.3 Å². The molecule has 0 unspecified atom stereocenters. The second-order valence-electron chi connectivity index (χ2n) is 2.94. The molecule has 2 nitrogen and oxygen atoms in total. The van der Waals surface area contributed by atoms with Crippen molar-refractivity contribution in [1.82, 2.24) is 0 Å². The van der Waals surface area contributed by atoms with E-state index in [1.807, 2.05) is 6.92 Å². The van der Waals surface area contributed by atoms with Gasteiger partial charge in [0.25, 0.3) is 0 Å². The van der Waals surface area contributed by atoms with E-state index >= 15 is 0 Å². The van der Waals surface area contributed by atoms with Gasteiger partial charge >= 0.3 is 0 Å². The van der Waals surface area contributed by atoms with Crippen molar-refractivity contribution in [2.24, 2.45) is 5.92 Å². The summed E-state index contributed by atoms with van der Waals surface area (Å²) in [7, 11) is 0. The molecule has 0 heterocycles. The molecule has 11 heavy (non-hydrogen) atoms. The summed E-state index contributed by atoms with van der Waals surface area (Å²) < 4.78 is 5.33. The van der Waals surface area contributed by atoms with Gasteiger partial charge in [-0.15, -0.1) is 0 Å². The average molecular weight is 158 g/mol. The Kier molecular flexibility index (Phi) is 7.47. The van der Waals surface area contributed by atoms with Crippen molar-refractivity contribution >= 4 is 6.29 Å². The van der Waals surface area contributed by atoms with Crippen LogP contribution in [0.4, 0.5) is 0 Å². The molecule has 0 amide bonds. The Balaban J connectivity index is 3.03. The second kappa shape index (κ2) is 7.73. The van der Waals surface area contributed by atoms with E-state index in [-0.39, 0.29) is 0 Å². The molecule has 0 aliphatic rings. The molecule has 0 rings (SSSR count). The summed E-state index contributed by atoms with van der Waals surface area (Å²) in [6.07, 6.45) is 3.86. The molecule has 0 radical (unpaired) electrons. The number of aldehydes is 1. The first-order chi connectivity index (χ1) is 5.31. The molecule has 2 heteroatoms. The molecule has 0 saturated carbocycles. The first-order valence-electron chi connectivity index (χ1n) is 4.32. The summed E-state index contributed by atoms with van der Waals surface area (Å²) in [5.41, 5.74) is 0. The lowest BCUT2D eigenvalue weighted by Crippen LogP contribution is -2.07.